The molecule has 1 saturated carbocycles. The SMILES string of the molecule is CC(O)CN(C)C1CCN(C(=O)NC2CC(c3ccccc3)C2)CC1. The van der Waals surface area contributed by atoms with E-state index in [0.29, 0.717) is 24.5 Å². The fraction of sp³-hybridized carbons (Fsp3) is 0.650. The van der Waals surface area contributed by atoms with Crippen molar-refractivity contribution in [1.82, 2.24) is 15.1 Å². The summed E-state index contributed by atoms with van der Waals surface area (Å²) in [5, 5.41) is 12.7. The van der Waals surface area contributed by atoms with E-state index < -0.39 is 0 Å². The molecule has 1 aliphatic heterocycles. The molecular weight excluding hydrogens is 314 g/mol. The molecule has 0 radical (unpaired) electrons. The van der Waals surface area contributed by atoms with E-state index in [0.717, 1.165) is 38.8 Å². The van der Waals surface area contributed by atoms with Gasteiger partial charge in [0.15, 0.2) is 0 Å². The predicted molar refractivity (Wildman–Crippen MR) is 99.6 cm³/mol. The van der Waals surface area contributed by atoms with Gasteiger partial charge in [-0.3, -0.25) is 0 Å². The Morgan fingerprint density at radius 1 is 1.28 bits per heavy atom. The van der Waals surface area contributed by atoms with Crippen LogP contribution < -0.4 is 5.32 Å². The number of nitrogens with zero attached hydrogens (tertiary/aromatic N) is 2. The highest BCUT2D eigenvalue weighted by Crippen LogP contribution is 2.36. The number of carbonyl (C=O) groups excluding carboxylic acids is 1. The molecule has 0 spiro atoms. The minimum absolute atomic E-state index is 0.0909. The second-order valence-corrected chi connectivity index (χ2v) is 7.73. The standard InChI is InChI=1S/C20H31N3O2/c1-15(24)14-22(2)19-8-10-23(11-9-19)20(25)21-18-12-17(13-18)16-6-4-3-5-7-16/h3-7,15,17-19,24H,8-14H2,1-2H3,(H,21,25). The second-order valence-electron chi connectivity index (χ2n) is 7.73. The molecule has 2 fully saturated rings. The van der Waals surface area contributed by atoms with Crippen LogP contribution in [0.15, 0.2) is 30.3 Å². The van der Waals surface area contributed by atoms with Crippen molar-refractivity contribution in [1.29, 1.82) is 0 Å². The second kappa shape index (κ2) is 8.19. The van der Waals surface area contributed by atoms with Crippen LogP contribution in [0.4, 0.5) is 4.79 Å². The lowest BCUT2D eigenvalue weighted by atomic mass is 9.76. The molecule has 2 amide bonds. The summed E-state index contributed by atoms with van der Waals surface area (Å²) in [4.78, 5) is 16.6. The van der Waals surface area contributed by atoms with Gasteiger partial charge in [-0.2, -0.15) is 0 Å². The molecular formula is C20H31N3O2. The van der Waals surface area contributed by atoms with Gasteiger partial charge in [-0.15, -0.1) is 0 Å². The Bertz CT molecular complexity index is 549. The maximum absolute atomic E-state index is 12.5. The molecule has 2 aliphatic rings. The molecule has 25 heavy (non-hydrogen) atoms. The third-order valence-corrected chi connectivity index (χ3v) is 5.66. The first-order chi connectivity index (χ1) is 12.0. The van der Waals surface area contributed by atoms with Crippen LogP contribution in [0.2, 0.25) is 0 Å². The zero-order valence-electron chi connectivity index (χ0n) is 15.4. The van der Waals surface area contributed by atoms with Crippen molar-refractivity contribution < 1.29 is 9.90 Å². The fourth-order valence-corrected chi connectivity index (χ4v) is 4.07. The number of hydrogen-bond donors (Lipinski definition) is 2. The first-order valence-corrected chi connectivity index (χ1v) is 9.51. The number of benzene rings is 1. The third-order valence-electron chi connectivity index (χ3n) is 5.66. The monoisotopic (exact) mass is 345 g/mol. The molecule has 2 N–H and O–H groups in total. The molecule has 1 unspecified atom stereocenters. The van der Waals surface area contributed by atoms with E-state index >= 15 is 0 Å². The molecule has 138 valence electrons. The minimum Gasteiger partial charge on any atom is -0.392 e. The lowest BCUT2D eigenvalue weighted by molar-refractivity contribution is 0.0862. The van der Waals surface area contributed by atoms with Crippen LogP contribution in [-0.4, -0.2) is 65.8 Å². The van der Waals surface area contributed by atoms with Crippen molar-refractivity contribution in [3.63, 3.8) is 0 Å². The highest BCUT2D eigenvalue weighted by molar-refractivity contribution is 5.74. The Morgan fingerprint density at radius 2 is 1.92 bits per heavy atom. The summed E-state index contributed by atoms with van der Waals surface area (Å²) in [5.74, 6) is 0.589. The van der Waals surface area contributed by atoms with E-state index in [4.69, 9.17) is 0 Å². The Balaban J connectivity index is 1.38. The van der Waals surface area contributed by atoms with Crippen molar-refractivity contribution in [3.8, 4) is 0 Å². The zero-order valence-corrected chi connectivity index (χ0v) is 15.4. The molecule has 1 aromatic rings. The Morgan fingerprint density at radius 3 is 2.52 bits per heavy atom. The lowest BCUT2D eigenvalue weighted by Gasteiger charge is -2.40. The summed E-state index contributed by atoms with van der Waals surface area (Å²) in [6, 6.07) is 11.4. The van der Waals surface area contributed by atoms with Crippen molar-refractivity contribution in [3.05, 3.63) is 35.9 Å². The lowest BCUT2D eigenvalue weighted by Crippen LogP contribution is -2.53. The quantitative estimate of drug-likeness (QED) is 0.862. The maximum atomic E-state index is 12.5. The minimum atomic E-state index is -0.303. The van der Waals surface area contributed by atoms with Gasteiger partial charge in [-0.1, -0.05) is 30.3 Å². The molecule has 1 saturated heterocycles. The topological polar surface area (TPSA) is 55.8 Å². The number of urea groups is 1. The first-order valence-electron chi connectivity index (χ1n) is 9.51. The summed E-state index contributed by atoms with van der Waals surface area (Å²) in [6.07, 6.45) is 3.75. The van der Waals surface area contributed by atoms with Crippen LogP contribution in [0.5, 0.6) is 0 Å². The third kappa shape index (κ3) is 4.73. The summed E-state index contributed by atoms with van der Waals surface area (Å²) in [5.41, 5.74) is 1.38. The van der Waals surface area contributed by atoms with Crippen LogP contribution >= 0.6 is 0 Å². The number of piperidine rings is 1. The highest BCUT2D eigenvalue weighted by Gasteiger charge is 2.33. The molecule has 1 aromatic carbocycles. The number of aliphatic hydroxyl groups is 1. The average Bonchev–Trinajstić information content (AvgIpc) is 2.58. The summed E-state index contributed by atoms with van der Waals surface area (Å²) < 4.78 is 0. The summed E-state index contributed by atoms with van der Waals surface area (Å²) >= 11 is 0. The van der Waals surface area contributed by atoms with Gasteiger partial charge < -0.3 is 20.2 Å². The molecule has 5 nitrogen and oxygen atoms in total. The first kappa shape index (κ1) is 18.2. The predicted octanol–water partition coefficient (Wildman–Crippen LogP) is 2.42. The van der Waals surface area contributed by atoms with Crippen molar-refractivity contribution in [2.24, 2.45) is 0 Å². The molecule has 5 heteroatoms. The number of aliphatic hydroxyl groups excluding tert-OH is 1. The van der Waals surface area contributed by atoms with Gasteiger partial charge in [-0.05, 0) is 51.1 Å². The molecule has 0 aromatic heterocycles. The number of nitrogens with one attached hydrogen (secondary N) is 1. The van der Waals surface area contributed by atoms with E-state index in [9.17, 15) is 9.90 Å². The maximum Gasteiger partial charge on any atom is 0.317 e. The summed E-state index contributed by atoms with van der Waals surface area (Å²) in [7, 11) is 2.06. The molecule has 1 aliphatic carbocycles. The Kier molecular flexibility index (Phi) is 5.97. The van der Waals surface area contributed by atoms with E-state index in [1.54, 1.807) is 0 Å². The smallest absolute Gasteiger partial charge is 0.317 e. The van der Waals surface area contributed by atoms with Crippen molar-refractivity contribution in [2.45, 2.75) is 56.7 Å². The highest BCUT2D eigenvalue weighted by atomic mass is 16.3. The fourth-order valence-electron chi connectivity index (χ4n) is 4.07. The van der Waals surface area contributed by atoms with Gasteiger partial charge in [0.05, 0.1) is 6.10 Å². The van der Waals surface area contributed by atoms with E-state index in [-0.39, 0.29) is 12.1 Å². The van der Waals surface area contributed by atoms with Gasteiger partial charge in [0, 0.05) is 31.7 Å². The van der Waals surface area contributed by atoms with Gasteiger partial charge in [0.2, 0.25) is 0 Å². The zero-order chi connectivity index (χ0) is 17.8. The van der Waals surface area contributed by atoms with E-state index in [2.05, 4.69) is 41.5 Å². The number of carbonyl (C=O) groups is 1. The number of amides is 2. The molecule has 3 rings (SSSR count). The van der Waals surface area contributed by atoms with Crippen LogP contribution in [0.3, 0.4) is 0 Å². The largest absolute Gasteiger partial charge is 0.392 e. The molecule has 0 bridgehead atoms. The van der Waals surface area contributed by atoms with Gasteiger partial charge >= 0.3 is 6.03 Å². The Labute approximate surface area is 151 Å². The van der Waals surface area contributed by atoms with Gasteiger partial charge in [0.1, 0.15) is 0 Å². The van der Waals surface area contributed by atoms with Crippen LogP contribution in [0, 0.1) is 0 Å². The van der Waals surface area contributed by atoms with Crippen LogP contribution in [0.1, 0.15) is 44.1 Å². The summed E-state index contributed by atoms with van der Waals surface area (Å²) in [6.45, 7) is 4.12. The Hall–Kier alpha value is -1.59. The molecule has 1 heterocycles. The van der Waals surface area contributed by atoms with E-state index in [1.165, 1.54) is 5.56 Å². The van der Waals surface area contributed by atoms with E-state index in [1.807, 2.05) is 17.9 Å². The average molecular weight is 345 g/mol. The van der Waals surface area contributed by atoms with Crippen molar-refractivity contribution >= 4 is 6.03 Å². The van der Waals surface area contributed by atoms with Crippen LogP contribution in [-0.2, 0) is 0 Å². The molecule has 1 atom stereocenters. The van der Waals surface area contributed by atoms with Crippen LogP contribution in [0.25, 0.3) is 0 Å². The normalized spacial score (nSPS) is 25.5. The number of likely N-dealkylation sites (tertiary alicyclic amines) is 1. The van der Waals surface area contributed by atoms with Gasteiger partial charge in [0.25, 0.3) is 0 Å². The number of hydrogen-bond acceptors (Lipinski definition) is 3. The van der Waals surface area contributed by atoms with Crippen molar-refractivity contribution in [2.75, 3.05) is 26.7 Å². The van der Waals surface area contributed by atoms with Gasteiger partial charge in [-0.25, -0.2) is 4.79 Å². The number of rotatable bonds is 5. The number of likely N-dealkylation sites (N-methyl/N-ethyl adjacent to an activating group) is 1.